The van der Waals surface area contributed by atoms with Gasteiger partial charge in [0.2, 0.25) is 10.0 Å². The summed E-state index contributed by atoms with van der Waals surface area (Å²) in [6.45, 7) is 7.40. The lowest BCUT2D eigenvalue weighted by Crippen LogP contribution is -2.33. The van der Waals surface area contributed by atoms with Crippen LogP contribution >= 0.6 is 0 Å². The summed E-state index contributed by atoms with van der Waals surface area (Å²) in [6.07, 6.45) is 1.45. The summed E-state index contributed by atoms with van der Waals surface area (Å²) in [5.74, 6) is 0. The Hall–Kier alpha value is -2.11. The van der Waals surface area contributed by atoms with Gasteiger partial charge in [-0.25, -0.2) is 8.42 Å². The van der Waals surface area contributed by atoms with E-state index < -0.39 is 10.0 Å². The first-order chi connectivity index (χ1) is 12.8. The molecule has 0 bridgehead atoms. The first-order valence-electron chi connectivity index (χ1n) is 9.46. The van der Waals surface area contributed by atoms with E-state index in [4.69, 9.17) is 0 Å². The monoisotopic (exact) mass is 382 g/mol. The Bertz CT molecular complexity index is 1070. The summed E-state index contributed by atoms with van der Waals surface area (Å²) in [6, 6.07) is 15.6. The smallest absolute Gasteiger partial charge is 0.243 e. The van der Waals surface area contributed by atoms with Crippen molar-refractivity contribution in [1.29, 1.82) is 0 Å². The fourth-order valence-corrected chi connectivity index (χ4v) is 5.30. The zero-order valence-electron chi connectivity index (χ0n) is 16.1. The van der Waals surface area contributed by atoms with Crippen molar-refractivity contribution in [2.45, 2.75) is 43.9 Å². The van der Waals surface area contributed by atoms with Crippen LogP contribution in [0.15, 0.2) is 53.4 Å². The minimum absolute atomic E-state index is 0.00861. The number of hydrogen-bond donors (Lipinski definition) is 1. The molecular formula is C22H26N2O2S. The fourth-order valence-electron chi connectivity index (χ4n) is 3.86. The van der Waals surface area contributed by atoms with Gasteiger partial charge in [-0.2, -0.15) is 4.31 Å². The van der Waals surface area contributed by atoms with Crippen LogP contribution in [-0.2, 0) is 28.3 Å². The molecule has 4 nitrogen and oxygen atoms in total. The highest BCUT2D eigenvalue weighted by Gasteiger charge is 2.28. The SMILES string of the molecule is CC(C)(C)c1ccc(S(=O)(=O)N2CCc3[nH]c4ccccc4c3CC2)cc1. The van der Waals surface area contributed by atoms with Crippen molar-refractivity contribution < 1.29 is 8.42 Å². The van der Waals surface area contributed by atoms with Crippen LogP contribution in [0, 0.1) is 0 Å². The van der Waals surface area contributed by atoms with Crippen molar-refractivity contribution in [1.82, 2.24) is 9.29 Å². The maximum atomic E-state index is 13.2. The second-order valence-electron chi connectivity index (χ2n) is 8.31. The molecule has 0 aliphatic carbocycles. The lowest BCUT2D eigenvalue weighted by Gasteiger charge is -2.22. The number of aromatic nitrogens is 1. The van der Waals surface area contributed by atoms with Crippen LogP contribution in [0.3, 0.4) is 0 Å². The average Bonchev–Trinajstić information content (AvgIpc) is 2.84. The first-order valence-corrected chi connectivity index (χ1v) is 10.9. The highest BCUT2D eigenvalue weighted by molar-refractivity contribution is 7.89. The van der Waals surface area contributed by atoms with E-state index in [1.807, 2.05) is 24.3 Å². The van der Waals surface area contributed by atoms with Crippen LogP contribution in [-0.4, -0.2) is 30.8 Å². The van der Waals surface area contributed by atoms with Gasteiger partial charge in [0.1, 0.15) is 0 Å². The Labute approximate surface area is 161 Å². The van der Waals surface area contributed by atoms with E-state index in [1.165, 1.54) is 10.9 Å². The number of hydrogen-bond acceptors (Lipinski definition) is 2. The number of aromatic amines is 1. The zero-order valence-corrected chi connectivity index (χ0v) is 16.9. The zero-order chi connectivity index (χ0) is 19.2. The van der Waals surface area contributed by atoms with Gasteiger partial charge in [-0.3, -0.25) is 0 Å². The molecule has 0 amide bonds. The molecule has 142 valence electrons. The van der Waals surface area contributed by atoms with Gasteiger partial charge < -0.3 is 4.98 Å². The Balaban J connectivity index is 1.60. The third-order valence-corrected chi connectivity index (χ3v) is 7.40. The van der Waals surface area contributed by atoms with Gasteiger partial charge in [0.15, 0.2) is 0 Å². The first kappa shape index (κ1) is 18.3. The number of benzene rings is 2. The number of sulfonamides is 1. The van der Waals surface area contributed by atoms with Gasteiger partial charge in [-0.15, -0.1) is 0 Å². The van der Waals surface area contributed by atoms with E-state index in [0.29, 0.717) is 24.4 Å². The topological polar surface area (TPSA) is 53.2 Å². The van der Waals surface area contributed by atoms with Gasteiger partial charge in [-0.1, -0.05) is 51.1 Å². The van der Waals surface area contributed by atoms with Gasteiger partial charge in [0.05, 0.1) is 4.90 Å². The predicted molar refractivity (Wildman–Crippen MR) is 110 cm³/mol. The van der Waals surface area contributed by atoms with E-state index in [9.17, 15) is 8.42 Å². The molecule has 1 aliphatic heterocycles. The van der Waals surface area contributed by atoms with Crippen LogP contribution in [0.25, 0.3) is 10.9 Å². The maximum Gasteiger partial charge on any atom is 0.243 e. The number of nitrogens with one attached hydrogen (secondary N) is 1. The molecule has 3 aromatic rings. The van der Waals surface area contributed by atoms with Crippen LogP contribution in [0.5, 0.6) is 0 Å². The molecule has 5 heteroatoms. The lowest BCUT2D eigenvalue weighted by atomic mass is 9.87. The molecular weight excluding hydrogens is 356 g/mol. The van der Waals surface area contributed by atoms with Crippen LogP contribution in [0.1, 0.15) is 37.6 Å². The van der Waals surface area contributed by atoms with Crippen LogP contribution in [0.4, 0.5) is 0 Å². The van der Waals surface area contributed by atoms with E-state index in [-0.39, 0.29) is 5.41 Å². The molecule has 27 heavy (non-hydrogen) atoms. The highest BCUT2D eigenvalue weighted by atomic mass is 32.2. The molecule has 0 unspecified atom stereocenters. The van der Waals surface area contributed by atoms with Crippen LogP contribution < -0.4 is 0 Å². The van der Waals surface area contributed by atoms with E-state index in [1.54, 1.807) is 16.4 Å². The van der Waals surface area contributed by atoms with Crippen molar-refractivity contribution in [3.05, 3.63) is 65.4 Å². The maximum absolute atomic E-state index is 13.2. The fraction of sp³-hybridized carbons (Fsp3) is 0.364. The van der Waals surface area contributed by atoms with E-state index >= 15 is 0 Å². The average molecular weight is 383 g/mol. The lowest BCUT2D eigenvalue weighted by molar-refractivity contribution is 0.426. The third kappa shape index (κ3) is 3.30. The Morgan fingerprint density at radius 3 is 2.30 bits per heavy atom. The summed E-state index contributed by atoms with van der Waals surface area (Å²) in [5, 5.41) is 1.21. The van der Waals surface area contributed by atoms with Gasteiger partial charge in [-0.05, 0) is 41.2 Å². The number of rotatable bonds is 2. The number of H-pyrrole nitrogens is 1. The highest BCUT2D eigenvalue weighted by Crippen LogP contribution is 2.29. The molecule has 1 aliphatic rings. The normalized spacial score (nSPS) is 16.3. The largest absolute Gasteiger partial charge is 0.358 e. The minimum atomic E-state index is -3.48. The molecule has 1 aromatic heterocycles. The molecule has 1 N–H and O–H groups in total. The predicted octanol–water partition coefficient (Wildman–Crippen LogP) is 4.25. The summed E-state index contributed by atoms with van der Waals surface area (Å²) >= 11 is 0. The molecule has 2 heterocycles. The van der Waals surface area contributed by atoms with Crippen molar-refractivity contribution in [2.75, 3.05) is 13.1 Å². The number of fused-ring (bicyclic) bond motifs is 3. The Morgan fingerprint density at radius 2 is 1.59 bits per heavy atom. The summed E-state index contributed by atoms with van der Waals surface area (Å²) in [4.78, 5) is 3.85. The molecule has 0 spiro atoms. The van der Waals surface area contributed by atoms with Gasteiger partial charge in [0, 0.05) is 36.1 Å². The third-order valence-electron chi connectivity index (χ3n) is 5.48. The minimum Gasteiger partial charge on any atom is -0.358 e. The molecule has 0 saturated heterocycles. The number of nitrogens with zero attached hydrogens (tertiary/aromatic N) is 1. The second-order valence-corrected chi connectivity index (χ2v) is 10.2. The summed E-state index contributed by atoms with van der Waals surface area (Å²) in [7, 11) is -3.48. The molecule has 0 radical (unpaired) electrons. The quantitative estimate of drug-likeness (QED) is 0.720. The van der Waals surface area contributed by atoms with Gasteiger partial charge >= 0.3 is 0 Å². The standard InChI is InChI=1S/C22H26N2O2S/c1-22(2,3)16-8-10-17(11-9-16)27(25,26)24-14-12-19-18-6-4-5-7-20(18)23-21(19)13-15-24/h4-11,23H,12-15H2,1-3H3. The van der Waals surface area contributed by atoms with Crippen molar-refractivity contribution in [2.24, 2.45) is 0 Å². The Kier molecular flexibility index (Phi) is 4.40. The molecule has 4 rings (SSSR count). The van der Waals surface area contributed by atoms with Crippen LogP contribution in [0.2, 0.25) is 0 Å². The van der Waals surface area contributed by atoms with Gasteiger partial charge in [0.25, 0.3) is 0 Å². The van der Waals surface area contributed by atoms with E-state index in [0.717, 1.165) is 23.2 Å². The van der Waals surface area contributed by atoms with Crippen molar-refractivity contribution in [3.63, 3.8) is 0 Å². The van der Waals surface area contributed by atoms with E-state index in [2.05, 4.69) is 37.9 Å². The molecule has 2 aromatic carbocycles. The van der Waals surface area contributed by atoms with Crippen molar-refractivity contribution in [3.8, 4) is 0 Å². The second kappa shape index (κ2) is 6.50. The Morgan fingerprint density at radius 1 is 0.926 bits per heavy atom. The molecule has 0 saturated carbocycles. The number of para-hydroxylation sites is 1. The molecule has 0 fully saturated rings. The van der Waals surface area contributed by atoms with Crippen molar-refractivity contribution >= 4 is 20.9 Å². The summed E-state index contributed by atoms with van der Waals surface area (Å²) in [5.41, 5.74) is 4.70. The summed E-state index contributed by atoms with van der Waals surface area (Å²) < 4.78 is 27.9. The molecule has 0 atom stereocenters.